The van der Waals surface area contributed by atoms with Gasteiger partial charge in [-0.2, -0.15) is 0 Å². The molecule has 0 spiro atoms. The Morgan fingerprint density at radius 3 is 2.45 bits per heavy atom. The fraction of sp³-hybridized carbons (Fsp3) is 0.812. The first-order valence-electron chi connectivity index (χ1n) is 7.57. The molecule has 1 N–H and O–H groups in total. The van der Waals surface area contributed by atoms with E-state index in [0.717, 1.165) is 38.9 Å². The summed E-state index contributed by atoms with van der Waals surface area (Å²) in [5.74, 6) is 3.39. The van der Waals surface area contributed by atoms with Gasteiger partial charge in [-0.25, -0.2) is 0 Å². The molecule has 0 saturated carbocycles. The van der Waals surface area contributed by atoms with Crippen molar-refractivity contribution in [2.24, 2.45) is 5.92 Å². The molecule has 1 rings (SSSR count). The van der Waals surface area contributed by atoms with Crippen LogP contribution in [0.15, 0.2) is 0 Å². The number of likely N-dealkylation sites (tertiary alicyclic amines) is 1. The first-order valence-corrected chi connectivity index (χ1v) is 7.57. The van der Waals surface area contributed by atoms with E-state index in [1.54, 1.807) is 4.90 Å². The second-order valence-electron chi connectivity index (χ2n) is 6.34. The van der Waals surface area contributed by atoms with Crippen LogP contribution < -0.4 is 5.32 Å². The predicted octanol–water partition coefficient (Wildman–Crippen LogP) is 1.18. The fourth-order valence-corrected chi connectivity index (χ4v) is 2.69. The van der Waals surface area contributed by atoms with Crippen molar-refractivity contribution in [3.63, 3.8) is 0 Å². The number of hydrogen-bond acceptors (Lipinski definition) is 3. The molecule has 0 aromatic heterocycles. The van der Waals surface area contributed by atoms with Crippen LogP contribution in [0.25, 0.3) is 0 Å². The second-order valence-corrected chi connectivity index (χ2v) is 6.34. The molecule has 114 valence electrons. The molecule has 0 radical (unpaired) electrons. The molecule has 0 bridgehead atoms. The standard InChI is InChI=1S/C16H29N3O/c1-6-9-19-10-7-14(8-11-19)17-15(12-13(2)3)16(20)18(4)5/h1,13-15,17H,7-12H2,2-5H3. The molecule has 1 amide bonds. The highest BCUT2D eigenvalue weighted by Gasteiger charge is 2.26. The number of likely N-dealkylation sites (N-methyl/N-ethyl adjacent to an activating group) is 1. The minimum Gasteiger partial charge on any atom is -0.347 e. The van der Waals surface area contributed by atoms with Gasteiger partial charge in [-0.05, 0) is 25.2 Å². The van der Waals surface area contributed by atoms with E-state index in [1.165, 1.54) is 0 Å². The highest BCUT2D eigenvalue weighted by Crippen LogP contribution is 2.14. The lowest BCUT2D eigenvalue weighted by Crippen LogP contribution is -2.51. The van der Waals surface area contributed by atoms with E-state index < -0.39 is 0 Å². The number of nitrogens with zero attached hydrogens (tertiary/aromatic N) is 2. The summed E-state index contributed by atoms with van der Waals surface area (Å²) in [4.78, 5) is 16.2. The van der Waals surface area contributed by atoms with Gasteiger partial charge in [0.05, 0.1) is 12.6 Å². The molecule has 0 aliphatic carbocycles. The molecule has 20 heavy (non-hydrogen) atoms. The van der Waals surface area contributed by atoms with Crippen molar-refractivity contribution < 1.29 is 4.79 Å². The molecular weight excluding hydrogens is 250 g/mol. The Kier molecular flexibility index (Phi) is 7.04. The van der Waals surface area contributed by atoms with Gasteiger partial charge in [-0.1, -0.05) is 19.8 Å². The molecule has 1 unspecified atom stereocenters. The maximum Gasteiger partial charge on any atom is 0.239 e. The van der Waals surface area contributed by atoms with Gasteiger partial charge >= 0.3 is 0 Å². The van der Waals surface area contributed by atoms with Gasteiger partial charge in [-0.15, -0.1) is 6.42 Å². The van der Waals surface area contributed by atoms with Crippen LogP contribution in [0.3, 0.4) is 0 Å². The number of carbonyl (C=O) groups is 1. The fourth-order valence-electron chi connectivity index (χ4n) is 2.69. The van der Waals surface area contributed by atoms with Gasteiger partial charge in [0.2, 0.25) is 5.91 Å². The summed E-state index contributed by atoms with van der Waals surface area (Å²) in [5.41, 5.74) is 0. The summed E-state index contributed by atoms with van der Waals surface area (Å²) in [6.45, 7) is 7.10. The second kappa shape index (κ2) is 8.28. The molecule has 1 atom stereocenters. The molecule has 1 saturated heterocycles. The highest BCUT2D eigenvalue weighted by atomic mass is 16.2. The number of rotatable bonds is 6. The maximum absolute atomic E-state index is 12.2. The zero-order valence-corrected chi connectivity index (χ0v) is 13.4. The van der Waals surface area contributed by atoms with Gasteiger partial charge in [0, 0.05) is 33.2 Å². The van der Waals surface area contributed by atoms with Crippen molar-refractivity contribution in [3.8, 4) is 12.3 Å². The van der Waals surface area contributed by atoms with E-state index in [-0.39, 0.29) is 11.9 Å². The summed E-state index contributed by atoms with van der Waals surface area (Å²) >= 11 is 0. The van der Waals surface area contributed by atoms with Crippen molar-refractivity contribution in [1.82, 2.24) is 15.1 Å². The third-order valence-electron chi connectivity index (χ3n) is 3.79. The Hall–Kier alpha value is -1.05. The zero-order chi connectivity index (χ0) is 15.1. The van der Waals surface area contributed by atoms with E-state index >= 15 is 0 Å². The van der Waals surface area contributed by atoms with Crippen LogP contribution in [0, 0.1) is 18.3 Å². The summed E-state index contributed by atoms with van der Waals surface area (Å²) in [6, 6.07) is 0.367. The summed E-state index contributed by atoms with van der Waals surface area (Å²) in [6.07, 6.45) is 8.37. The van der Waals surface area contributed by atoms with Gasteiger partial charge in [0.1, 0.15) is 0 Å². The molecule has 1 aliphatic heterocycles. The average Bonchev–Trinajstić information content (AvgIpc) is 2.39. The van der Waals surface area contributed by atoms with Gasteiger partial charge < -0.3 is 10.2 Å². The first kappa shape index (κ1) is 17.0. The van der Waals surface area contributed by atoms with E-state index in [9.17, 15) is 4.79 Å². The maximum atomic E-state index is 12.2. The molecule has 1 heterocycles. The lowest BCUT2D eigenvalue weighted by molar-refractivity contribution is -0.131. The van der Waals surface area contributed by atoms with Crippen LogP contribution in [0.4, 0.5) is 0 Å². The molecule has 0 aromatic carbocycles. The third kappa shape index (κ3) is 5.52. The lowest BCUT2D eigenvalue weighted by Gasteiger charge is -2.34. The largest absolute Gasteiger partial charge is 0.347 e. The van der Waals surface area contributed by atoms with Crippen molar-refractivity contribution in [1.29, 1.82) is 0 Å². The zero-order valence-electron chi connectivity index (χ0n) is 13.4. The normalized spacial score (nSPS) is 18.8. The van der Waals surface area contributed by atoms with Crippen LogP contribution in [-0.4, -0.2) is 61.5 Å². The Labute approximate surface area is 123 Å². The topological polar surface area (TPSA) is 35.6 Å². The van der Waals surface area contributed by atoms with Gasteiger partial charge in [0.25, 0.3) is 0 Å². The summed E-state index contributed by atoms with van der Waals surface area (Å²) in [7, 11) is 3.65. The summed E-state index contributed by atoms with van der Waals surface area (Å²) in [5, 5.41) is 3.56. The number of piperidine rings is 1. The minimum atomic E-state index is -0.0609. The average molecular weight is 279 g/mol. The van der Waals surface area contributed by atoms with Crippen molar-refractivity contribution >= 4 is 5.91 Å². The number of carbonyl (C=O) groups excluding carboxylic acids is 1. The highest BCUT2D eigenvalue weighted by molar-refractivity contribution is 5.81. The van der Waals surface area contributed by atoms with Crippen LogP contribution in [0.5, 0.6) is 0 Å². The van der Waals surface area contributed by atoms with Crippen molar-refractivity contribution in [2.45, 2.75) is 45.2 Å². The van der Waals surface area contributed by atoms with Gasteiger partial charge in [-0.3, -0.25) is 9.69 Å². The van der Waals surface area contributed by atoms with E-state index in [4.69, 9.17) is 6.42 Å². The molecule has 1 fully saturated rings. The lowest BCUT2D eigenvalue weighted by atomic mass is 9.98. The quantitative estimate of drug-likeness (QED) is 0.742. The number of amides is 1. The Bertz CT molecular complexity index is 338. The van der Waals surface area contributed by atoms with Crippen LogP contribution >= 0.6 is 0 Å². The van der Waals surface area contributed by atoms with E-state index in [1.807, 2.05) is 14.1 Å². The number of nitrogens with one attached hydrogen (secondary N) is 1. The summed E-state index contributed by atoms with van der Waals surface area (Å²) < 4.78 is 0. The molecule has 4 nitrogen and oxygen atoms in total. The smallest absolute Gasteiger partial charge is 0.239 e. The van der Waals surface area contributed by atoms with Gasteiger partial charge in [0.15, 0.2) is 0 Å². The molecule has 1 aliphatic rings. The van der Waals surface area contributed by atoms with Crippen LogP contribution in [0.1, 0.15) is 33.1 Å². The molecular formula is C16H29N3O. The predicted molar refractivity (Wildman–Crippen MR) is 83.4 cm³/mol. The van der Waals surface area contributed by atoms with Crippen molar-refractivity contribution in [2.75, 3.05) is 33.7 Å². The SMILES string of the molecule is C#CCN1CCC(NC(CC(C)C)C(=O)N(C)C)CC1. The number of terminal acetylenes is 1. The Morgan fingerprint density at radius 1 is 1.40 bits per heavy atom. The van der Waals surface area contributed by atoms with E-state index in [2.05, 4.69) is 30.0 Å². The third-order valence-corrected chi connectivity index (χ3v) is 3.79. The van der Waals surface area contributed by atoms with E-state index in [0.29, 0.717) is 12.0 Å². The first-order chi connectivity index (χ1) is 9.43. The van der Waals surface area contributed by atoms with Crippen LogP contribution in [-0.2, 0) is 4.79 Å². The minimum absolute atomic E-state index is 0.0609. The Balaban J connectivity index is 2.50. The molecule has 4 heteroatoms. The number of hydrogen-bond donors (Lipinski definition) is 1. The Morgan fingerprint density at radius 2 is 2.00 bits per heavy atom. The molecule has 0 aromatic rings. The van der Waals surface area contributed by atoms with Crippen LogP contribution in [0.2, 0.25) is 0 Å². The van der Waals surface area contributed by atoms with Crippen molar-refractivity contribution in [3.05, 3.63) is 0 Å². The monoisotopic (exact) mass is 279 g/mol.